The second kappa shape index (κ2) is 7.95. The molecule has 126 valence electrons. The average Bonchev–Trinajstić information content (AvgIpc) is 2.63. The lowest BCUT2D eigenvalue weighted by Crippen LogP contribution is -2.45. The van der Waals surface area contributed by atoms with Gasteiger partial charge in [-0.3, -0.25) is 4.79 Å². The summed E-state index contributed by atoms with van der Waals surface area (Å²) < 4.78 is 13.0. The normalized spacial score (nSPS) is 17.5. The quantitative estimate of drug-likeness (QED) is 0.905. The molecule has 0 aromatic heterocycles. The van der Waals surface area contributed by atoms with Gasteiger partial charge in [-0.05, 0) is 49.1 Å². The van der Waals surface area contributed by atoms with Crippen LogP contribution < -0.4 is 5.32 Å². The number of benzene rings is 2. The Morgan fingerprint density at radius 1 is 1.12 bits per heavy atom. The van der Waals surface area contributed by atoms with Gasteiger partial charge < -0.3 is 10.2 Å². The van der Waals surface area contributed by atoms with Gasteiger partial charge in [-0.2, -0.15) is 0 Å². The van der Waals surface area contributed by atoms with Crippen LogP contribution in [0.15, 0.2) is 54.6 Å². The first-order valence-electron chi connectivity index (χ1n) is 8.54. The molecule has 1 amide bonds. The minimum atomic E-state index is -0.234. The number of likely N-dealkylation sites (tertiary alicyclic amines) is 1. The molecule has 0 radical (unpaired) electrons. The summed E-state index contributed by atoms with van der Waals surface area (Å²) in [6.45, 7) is 1.54. The predicted molar refractivity (Wildman–Crippen MR) is 94.4 cm³/mol. The Morgan fingerprint density at radius 2 is 1.88 bits per heavy atom. The highest BCUT2D eigenvalue weighted by Crippen LogP contribution is 2.17. The maximum atomic E-state index is 13.0. The largest absolute Gasteiger partial charge is 0.381 e. The van der Waals surface area contributed by atoms with Gasteiger partial charge in [-0.25, -0.2) is 4.39 Å². The van der Waals surface area contributed by atoms with E-state index >= 15 is 0 Å². The van der Waals surface area contributed by atoms with Crippen molar-refractivity contribution in [2.75, 3.05) is 18.4 Å². The number of halogens is 1. The third-order valence-corrected chi connectivity index (χ3v) is 4.46. The van der Waals surface area contributed by atoms with Gasteiger partial charge in [0.1, 0.15) is 5.82 Å². The van der Waals surface area contributed by atoms with Crippen LogP contribution in [0.4, 0.5) is 10.1 Å². The van der Waals surface area contributed by atoms with Crippen molar-refractivity contribution in [3.8, 4) is 0 Å². The lowest BCUT2D eigenvalue weighted by atomic mass is 10.0. The molecule has 1 fully saturated rings. The zero-order valence-corrected chi connectivity index (χ0v) is 13.7. The summed E-state index contributed by atoms with van der Waals surface area (Å²) >= 11 is 0. The molecule has 0 unspecified atom stereocenters. The van der Waals surface area contributed by atoms with Crippen LogP contribution in [0.1, 0.15) is 24.8 Å². The van der Waals surface area contributed by atoms with Crippen molar-refractivity contribution >= 4 is 11.6 Å². The number of aryl methyl sites for hydroxylation is 1. The first-order chi connectivity index (χ1) is 11.7. The van der Waals surface area contributed by atoms with Gasteiger partial charge in [-0.1, -0.05) is 30.3 Å². The van der Waals surface area contributed by atoms with Crippen LogP contribution in [0.25, 0.3) is 0 Å². The molecule has 24 heavy (non-hydrogen) atoms. The standard InChI is InChI=1S/C20H23FN2O/c21-17-9-11-18(12-10-17)22-19-7-4-14-23(15-19)20(24)13-8-16-5-2-1-3-6-16/h1-3,5-6,9-12,19,22H,4,7-8,13-15H2/t19-/m0/s1. The smallest absolute Gasteiger partial charge is 0.222 e. The highest BCUT2D eigenvalue weighted by atomic mass is 19.1. The molecule has 0 aliphatic carbocycles. The number of nitrogens with one attached hydrogen (secondary N) is 1. The number of hydrogen-bond acceptors (Lipinski definition) is 2. The Hall–Kier alpha value is -2.36. The SMILES string of the molecule is O=C(CCc1ccccc1)N1CCC[C@H](Nc2ccc(F)cc2)C1. The summed E-state index contributed by atoms with van der Waals surface area (Å²) in [5.74, 6) is -0.0219. The molecule has 0 bridgehead atoms. The van der Waals surface area contributed by atoms with Gasteiger partial charge in [0, 0.05) is 31.2 Å². The number of piperidine rings is 1. The van der Waals surface area contributed by atoms with E-state index in [9.17, 15) is 9.18 Å². The molecule has 3 rings (SSSR count). The van der Waals surface area contributed by atoms with E-state index in [1.165, 1.54) is 17.7 Å². The summed E-state index contributed by atoms with van der Waals surface area (Å²) in [6, 6.07) is 16.7. The van der Waals surface area contributed by atoms with Crippen molar-refractivity contribution in [2.24, 2.45) is 0 Å². The maximum absolute atomic E-state index is 13.0. The lowest BCUT2D eigenvalue weighted by molar-refractivity contribution is -0.132. The second-order valence-electron chi connectivity index (χ2n) is 6.32. The fourth-order valence-corrected chi connectivity index (χ4v) is 3.16. The van der Waals surface area contributed by atoms with Crippen molar-refractivity contribution in [3.05, 3.63) is 66.0 Å². The fraction of sp³-hybridized carbons (Fsp3) is 0.350. The summed E-state index contributed by atoms with van der Waals surface area (Å²) in [5, 5.41) is 3.41. The van der Waals surface area contributed by atoms with Gasteiger partial charge in [0.25, 0.3) is 0 Å². The van der Waals surface area contributed by atoms with Crippen LogP contribution in [-0.4, -0.2) is 29.9 Å². The molecular formula is C20H23FN2O. The highest BCUT2D eigenvalue weighted by Gasteiger charge is 2.23. The van der Waals surface area contributed by atoms with E-state index in [-0.39, 0.29) is 17.8 Å². The Balaban J connectivity index is 1.51. The molecule has 1 atom stereocenters. The van der Waals surface area contributed by atoms with Crippen molar-refractivity contribution in [3.63, 3.8) is 0 Å². The van der Waals surface area contributed by atoms with Crippen LogP contribution >= 0.6 is 0 Å². The fourth-order valence-electron chi connectivity index (χ4n) is 3.16. The number of anilines is 1. The third-order valence-electron chi connectivity index (χ3n) is 4.46. The summed E-state index contributed by atoms with van der Waals surface area (Å²) in [4.78, 5) is 14.4. The molecular weight excluding hydrogens is 303 g/mol. The Labute approximate surface area is 142 Å². The van der Waals surface area contributed by atoms with E-state index in [1.54, 1.807) is 12.1 Å². The van der Waals surface area contributed by atoms with Crippen LogP contribution in [0.3, 0.4) is 0 Å². The van der Waals surface area contributed by atoms with E-state index in [2.05, 4.69) is 17.4 Å². The average molecular weight is 326 g/mol. The van der Waals surface area contributed by atoms with Gasteiger partial charge in [0.2, 0.25) is 5.91 Å². The van der Waals surface area contributed by atoms with Crippen LogP contribution in [-0.2, 0) is 11.2 Å². The number of rotatable bonds is 5. The third kappa shape index (κ3) is 4.57. The Bertz CT molecular complexity index is 657. The van der Waals surface area contributed by atoms with Crippen molar-refractivity contribution in [1.29, 1.82) is 0 Å². The number of hydrogen-bond donors (Lipinski definition) is 1. The number of carbonyl (C=O) groups is 1. The molecule has 1 aliphatic rings. The van der Waals surface area contributed by atoms with Crippen molar-refractivity contribution in [1.82, 2.24) is 4.90 Å². The molecule has 0 saturated carbocycles. The Morgan fingerprint density at radius 3 is 2.62 bits per heavy atom. The Kier molecular flexibility index (Phi) is 5.47. The predicted octanol–water partition coefficient (Wildman–Crippen LogP) is 3.86. The molecule has 4 heteroatoms. The molecule has 2 aromatic carbocycles. The molecule has 1 N–H and O–H groups in total. The van der Waals surface area contributed by atoms with E-state index in [1.807, 2.05) is 23.1 Å². The summed E-state index contributed by atoms with van der Waals surface area (Å²) in [7, 11) is 0. The van der Waals surface area contributed by atoms with Crippen molar-refractivity contribution in [2.45, 2.75) is 31.7 Å². The molecule has 1 saturated heterocycles. The monoisotopic (exact) mass is 326 g/mol. The number of nitrogens with zero attached hydrogens (tertiary/aromatic N) is 1. The van der Waals surface area contributed by atoms with Gasteiger partial charge in [0.15, 0.2) is 0 Å². The van der Waals surface area contributed by atoms with E-state index in [0.717, 1.165) is 31.5 Å². The number of amides is 1. The summed E-state index contributed by atoms with van der Waals surface area (Å²) in [6.07, 6.45) is 3.36. The van der Waals surface area contributed by atoms with Crippen molar-refractivity contribution < 1.29 is 9.18 Å². The minimum absolute atomic E-state index is 0.212. The van der Waals surface area contributed by atoms with Crippen LogP contribution in [0.2, 0.25) is 0 Å². The number of carbonyl (C=O) groups excluding carboxylic acids is 1. The zero-order chi connectivity index (χ0) is 16.8. The molecule has 1 heterocycles. The summed E-state index contributed by atoms with van der Waals surface area (Å²) in [5.41, 5.74) is 2.10. The van der Waals surface area contributed by atoms with E-state index in [0.29, 0.717) is 13.0 Å². The van der Waals surface area contributed by atoms with Crippen LogP contribution in [0.5, 0.6) is 0 Å². The minimum Gasteiger partial charge on any atom is -0.381 e. The van der Waals surface area contributed by atoms with E-state index in [4.69, 9.17) is 0 Å². The molecule has 2 aromatic rings. The highest BCUT2D eigenvalue weighted by molar-refractivity contribution is 5.76. The maximum Gasteiger partial charge on any atom is 0.222 e. The van der Waals surface area contributed by atoms with E-state index < -0.39 is 0 Å². The van der Waals surface area contributed by atoms with Gasteiger partial charge in [0.05, 0.1) is 0 Å². The zero-order valence-electron chi connectivity index (χ0n) is 13.7. The topological polar surface area (TPSA) is 32.3 Å². The lowest BCUT2D eigenvalue weighted by Gasteiger charge is -2.34. The molecule has 1 aliphatic heterocycles. The molecule has 3 nitrogen and oxygen atoms in total. The second-order valence-corrected chi connectivity index (χ2v) is 6.32. The first-order valence-corrected chi connectivity index (χ1v) is 8.54. The molecule has 0 spiro atoms. The first kappa shape index (κ1) is 16.5. The van der Waals surface area contributed by atoms with Crippen LogP contribution in [0, 0.1) is 5.82 Å². The van der Waals surface area contributed by atoms with Gasteiger partial charge >= 0.3 is 0 Å². The van der Waals surface area contributed by atoms with Gasteiger partial charge in [-0.15, -0.1) is 0 Å².